The van der Waals surface area contributed by atoms with E-state index in [9.17, 15) is 4.79 Å². The van der Waals surface area contributed by atoms with Gasteiger partial charge in [0.15, 0.2) is 0 Å². The van der Waals surface area contributed by atoms with Crippen LogP contribution in [-0.2, 0) is 4.79 Å². The van der Waals surface area contributed by atoms with Crippen molar-refractivity contribution in [1.29, 1.82) is 0 Å². The van der Waals surface area contributed by atoms with Gasteiger partial charge in [-0.05, 0) is 25.4 Å². The van der Waals surface area contributed by atoms with Crippen molar-refractivity contribution < 1.29 is 4.79 Å². The maximum absolute atomic E-state index is 10.9. The van der Waals surface area contributed by atoms with Crippen molar-refractivity contribution in [2.24, 2.45) is 5.92 Å². The zero-order chi connectivity index (χ0) is 7.68. The molecule has 2 saturated heterocycles. The first-order valence-corrected chi connectivity index (χ1v) is 4.35. The maximum Gasteiger partial charge on any atom is 0.224 e. The second kappa shape index (κ2) is 2.81. The molecule has 3 heteroatoms. The quantitative estimate of drug-likeness (QED) is 0.560. The van der Waals surface area contributed by atoms with Crippen LogP contribution >= 0.6 is 0 Å². The number of hydrogen-bond acceptors (Lipinski definition) is 2. The molecule has 0 spiro atoms. The molecule has 0 aromatic carbocycles. The predicted molar refractivity (Wildman–Crippen MR) is 42.2 cm³/mol. The summed E-state index contributed by atoms with van der Waals surface area (Å²) in [6.45, 7) is 4.22. The number of hydrogen-bond donors (Lipinski definition) is 1. The number of rotatable bonds is 2. The van der Waals surface area contributed by atoms with E-state index in [0.717, 1.165) is 38.5 Å². The molecular weight excluding hydrogens is 140 g/mol. The highest BCUT2D eigenvalue weighted by atomic mass is 16.2. The lowest BCUT2D eigenvalue weighted by molar-refractivity contribution is -0.140. The predicted octanol–water partition coefficient (Wildman–Crippen LogP) is -0.172. The molecule has 0 saturated carbocycles. The van der Waals surface area contributed by atoms with Gasteiger partial charge in [0.2, 0.25) is 5.91 Å². The first kappa shape index (κ1) is 7.10. The molecule has 0 radical (unpaired) electrons. The molecule has 2 aliphatic heterocycles. The smallest absolute Gasteiger partial charge is 0.224 e. The van der Waals surface area contributed by atoms with E-state index >= 15 is 0 Å². The zero-order valence-corrected chi connectivity index (χ0v) is 6.68. The lowest BCUT2D eigenvalue weighted by Crippen LogP contribution is -2.46. The first-order valence-electron chi connectivity index (χ1n) is 4.35. The molecule has 1 unspecified atom stereocenters. The number of likely N-dealkylation sites (tertiary alicyclic amines) is 1. The third kappa shape index (κ3) is 1.38. The Labute approximate surface area is 66.8 Å². The number of amides is 1. The van der Waals surface area contributed by atoms with Gasteiger partial charge in [0.25, 0.3) is 0 Å². The molecule has 1 amide bonds. The van der Waals surface area contributed by atoms with Crippen molar-refractivity contribution in [3.8, 4) is 0 Å². The molecule has 0 aromatic rings. The summed E-state index contributed by atoms with van der Waals surface area (Å²) in [6.07, 6.45) is 2.02. The summed E-state index contributed by atoms with van der Waals surface area (Å²) < 4.78 is 0. The summed E-state index contributed by atoms with van der Waals surface area (Å²) in [6, 6.07) is 0. The zero-order valence-electron chi connectivity index (χ0n) is 6.68. The van der Waals surface area contributed by atoms with Crippen molar-refractivity contribution in [3.63, 3.8) is 0 Å². The molecule has 1 atom stereocenters. The SMILES string of the molecule is O=C1CCN1CC1CCNC1. The Kier molecular flexibility index (Phi) is 1.82. The van der Waals surface area contributed by atoms with Gasteiger partial charge in [0.1, 0.15) is 0 Å². The molecule has 2 aliphatic rings. The monoisotopic (exact) mass is 154 g/mol. The van der Waals surface area contributed by atoms with E-state index in [2.05, 4.69) is 5.32 Å². The number of nitrogens with zero attached hydrogens (tertiary/aromatic N) is 1. The van der Waals surface area contributed by atoms with Gasteiger partial charge < -0.3 is 10.2 Å². The fraction of sp³-hybridized carbons (Fsp3) is 0.875. The minimum Gasteiger partial charge on any atom is -0.342 e. The number of carbonyl (C=O) groups is 1. The van der Waals surface area contributed by atoms with Gasteiger partial charge in [-0.1, -0.05) is 0 Å². The molecule has 0 aliphatic carbocycles. The van der Waals surface area contributed by atoms with Crippen LogP contribution in [-0.4, -0.2) is 37.0 Å². The Hall–Kier alpha value is -0.570. The third-order valence-electron chi connectivity index (χ3n) is 2.59. The second-order valence-corrected chi connectivity index (χ2v) is 3.45. The molecule has 62 valence electrons. The minimum atomic E-state index is 0.344. The molecule has 2 heterocycles. The molecule has 0 bridgehead atoms. The van der Waals surface area contributed by atoms with Crippen LogP contribution in [0.15, 0.2) is 0 Å². The van der Waals surface area contributed by atoms with Crippen LogP contribution in [0.4, 0.5) is 0 Å². The average molecular weight is 154 g/mol. The van der Waals surface area contributed by atoms with Gasteiger partial charge in [0.05, 0.1) is 0 Å². The average Bonchev–Trinajstić information content (AvgIpc) is 2.49. The lowest BCUT2D eigenvalue weighted by Gasteiger charge is -2.32. The molecule has 11 heavy (non-hydrogen) atoms. The molecule has 1 N–H and O–H groups in total. The van der Waals surface area contributed by atoms with Crippen molar-refractivity contribution in [2.45, 2.75) is 12.8 Å². The van der Waals surface area contributed by atoms with Gasteiger partial charge in [-0.15, -0.1) is 0 Å². The van der Waals surface area contributed by atoms with Gasteiger partial charge in [-0.25, -0.2) is 0 Å². The van der Waals surface area contributed by atoms with Crippen molar-refractivity contribution in [3.05, 3.63) is 0 Å². The highest BCUT2D eigenvalue weighted by Crippen LogP contribution is 2.15. The number of carbonyl (C=O) groups excluding carboxylic acids is 1. The fourth-order valence-electron chi connectivity index (χ4n) is 1.74. The Morgan fingerprint density at radius 2 is 2.55 bits per heavy atom. The van der Waals surface area contributed by atoms with E-state index < -0.39 is 0 Å². The molecule has 2 rings (SSSR count). The summed E-state index contributed by atoms with van der Waals surface area (Å²) in [4.78, 5) is 12.9. The fourth-order valence-corrected chi connectivity index (χ4v) is 1.74. The van der Waals surface area contributed by atoms with Crippen LogP contribution in [0.25, 0.3) is 0 Å². The standard InChI is InChI=1S/C8H14N2O/c11-8-2-4-10(8)6-7-1-3-9-5-7/h7,9H,1-6H2. The van der Waals surface area contributed by atoms with Crippen LogP contribution in [0.3, 0.4) is 0 Å². The van der Waals surface area contributed by atoms with E-state index in [0.29, 0.717) is 5.91 Å². The van der Waals surface area contributed by atoms with Gasteiger partial charge in [-0.2, -0.15) is 0 Å². The van der Waals surface area contributed by atoms with E-state index in [1.807, 2.05) is 4.90 Å². The maximum atomic E-state index is 10.9. The van der Waals surface area contributed by atoms with E-state index in [-0.39, 0.29) is 0 Å². The second-order valence-electron chi connectivity index (χ2n) is 3.45. The molecule has 0 aromatic heterocycles. The summed E-state index contributed by atoms with van der Waals surface area (Å²) in [5.41, 5.74) is 0. The lowest BCUT2D eigenvalue weighted by atomic mass is 10.1. The first-order chi connectivity index (χ1) is 5.36. The molecule has 2 fully saturated rings. The Balaban J connectivity index is 1.76. The Morgan fingerprint density at radius 3 is 3.00 bits per heavy atom. The summed E-state index contributed by atoms with van der Waals surface area (Å²) in [7, 11) is 0. The van der Waals surface area contributed by atoms with Gasteiger partial charge in [0, 0.05) is 19.5 Å². The Bertz CT molecular complexity index is 163. The van der Waals surface area contributed by atoms with Crippen molar-refractivity contribution in [1.82, 2.24) is 10.2 Å². The summed E-state index contributed by atoms with van der Waals surface area (Å²) in [5, 5.41) is 3.30. The van der Waals surface area contributed by atoms with Gasteiger partial charge >= 0.3 is 0 Å². The van der Waals surface area contributed by atoms with Crippen LogP contribution in [0.2, 0.25) is 0 Å². The molecule has 3 nitrogen and oxygen atoms in total. The summed E-state index contributed by atoms with van der Waals surface area (Å²) >= 11 is 0. The topological polar surface area (TPSA) is 32.3 Å². The van der Waals surface area contributed by atoms with E-state index in [1.165, 1.54) is 6.42 Å². The third-order valence-corrected chi connectivity index (χ3v) is 2.59. The highest BCUT2D eigenvalue weighted by Gasteiger charge is 2.27. The van der Waals surface area contributed by atoms with E-state index in [1.54, 1.807) is 0 Å². The van der Waals surface area contributed by atoms with Crippen LogP contribution < -0.4 is 5.32 Å². The van der Waals surface area contributed by atoms with Crippen molar-refractivity contribution in [2.75, 3.05) is 26.2 Å². The largest absolute Gasteiger partial charge is 0.342 e. The number of nitrogens with one attached hydrogen (secondary N) is 1. The minimum absolute atomic E-state index is 0.344. The highest BCUT2D eigenvalue weighted by molar-refractivity contribution is 5.81. The number of β-lactam (4-membered cyclic amide) rings is 1. The summed E-state index contributed by atoms with van der Waals surface area (Å²) in [5.74, 6) is 1.07. The normalized spacial score (nSPS) is 30.7. The van der Waals surface area contributed by atoms with Crippen LogP contribution in [0, 0.1) is 5.92 Å². The van der Waals surface area contributed by atoms with Gasteiger partial charge in [-0.3, -0.25) is 4.79 Å². The van der Waals surface area contributed by atoms with E-state index in [4.69, 9.17) is 0 Å². The van der Waals surface area contributed by atoms with Crippen LogP contribution in [0.1, 0.15) is 12.8 Å². The molecular formula is C8H14N2O. The van der Waals surface area contributed by atoms with Crippen molar-refractivity contribution >= 4 is 5.91 Å². The van der Waals surface area contributed by atoms with Crippen LogP contribution in [0.5, 0.6) is 0 Å². The Morgan fingerprint density at radius 1 is 1.64 bits per heavy atom.